The number of carbonyl (C=O) groups is 1. The molecule has 1 aromatic heterocycles. The van der Waals surface area contributed by atoms with Crippen LogP contribution in [0, 0.1) is 0 Å². The summed E-state index contributed by atoms with van der Waals surface area (Å²) in [5, 5.41) is 6.11. The Morgan fingerprint density at radius 2 is 2.28 bits per heavy atom. The Morgan fingerprint density at radius 3 is 3.06 bits per heavy atom. The van der Waals surface area contributed by atoms with Gasteiger partial charge in [0.15, 0.2) is 0 Å². The third-order valence-corrected chi connectivity index (χ3v) is 3.05. The number of nitrogens with one attached hydrogen (secondary N) is 2. The van der Waals surface area contributed by atoms with E-state index in [1.165, 1.54) is 0 Å². The lowest BCUT2D eigenvalue weighted by atomic mass is 10.1. The Hall–Kier alpha value is -1.65. The van der Waals surface area contributed by atoms with Gasteiger partial charge in [0, 0.05) is 18.7 Å². The molecule has 1 saturated heterocycles. The van der Waals surface area contributed by atoms with Crippen LogP contribution in [-0.2, 0) is 4.79 Å². The van der Waals surface area contributed by atoms with Crippen molar-refractivity contribution in [1.82, 2.24) is 15.3 Å². The fraction of sp³-hybridized carbons (Fsp3) is 0.615. The van der Waals surface area contributed by atoms with Crippen LogP contribution >= 0.6 is 0 Å². The van der Waals surface area contributed by atoms with Crippen molar-refractivity contribution >= 4 is 11.7 Å². The van der Waals surface area contributed by atoms with Gasteiger partial charge < -0.3 is 10.6 Å². The number of amides is 1. The number of aromatic nitrogens is 2. The summed E-state index contributed by atoms with van der Waals surface area (Å²) in [4.78, 5) is 20.5. The summed E-state index contributed by atoms with van der Waals surface area (Å²) in [5.41, 5.74) is 0. The summed E-state index contributed by atoms with van der Waals surface area (Å²) < 4.78 is 0. The SMILES string of the molecule is CC(C)c1nccc(NC2CCCCNC2=O)n1. The van der Waals surface area contributed by atoms with Crippen molar-refractivity contribution in [1.29, 1.82) is 0 Å². The van der Waals surface area contributed by atoms with Crippen LogP contribution in [0.4, 0.5) is 5.82 Å². The van der Waals surface area contributed by atoms with Crippen LogP contribution in [0.3, 0.4) is 0 Å². The van der Waals surface area contributed by atoms with E-state index in [2.05, 4.69) is 34.4 Å². The second-order valence-electron chi connectivity index (χ2n) is 4.94. The van der Waals surface area contributed by atoms with Crippen molar-refractivity contribution < 1.29 is 4.79 Å². The molecule has 0 aliphatic carbocycles. The molecule has 1 unspecified atom stereocenters. The maximum atomic E-state index is 11.8. The Kier molecular flexibility index (Phi) is 4.12. The van der Waals surface area contributed by atoms with Crippen LogP contribution in [0.15, 0.2) is 12.3 Å². The molecule has 1 atom stereocenters. The Bertz CT molecular complexity index is 419. The minimum Gasteiger partial charge on any atom is -0.358 e. The van der Waals surface area contributed by atoms with E-state index in [0.717, 1.165) is 37.4 Å². The quantitative estimate of drug-likeness (QED) is 0.854. The molecule has 0 saturated carbocycles. The second-order valence-corrected chi connectivity index (χ2v) is 4.94. The number of hydrogen-bond donors (Lipinski definition) is 2. The molecule has 1 aromatic rings. The maximum Gasteiger partial charge on any atom is 0.242 e. The summed E-state index contributed by atoms with van der Waals surface area (Å²) >= 11 is 0. The lowest BCUT2D eigenvalue weighted by Gasteiger charge is -2.16. The molecular weight excluding hydrogens is 228 g/mol. The van der Waals surface area contributed by atoms with Gasteiger partial charge in [-0.25, -0.2) is 9.97 Å². The predicted molar refractivity (Wildman–Crippen MR) is 70.4 cm³/mol. The van der Waals surface area contributed by atoms with Crippen LogP contribution < -0.4 is 10.6 Å². The van der Waals surface area contributed by atoms with Crippen LogP contribution in [-0.4, -0.2) is 28.5 Å². The average molecular weight is 248 g/mol. The number of hydrogen-bond acceptors (Lipinski definition) is 4. The number of carbonyl (C=O) groups excluding carboxylic acids is 1. The summed E-state index contributed by atoms with van der Waals surface area (Å²) in [6, 6.07) is 1.63. The number of rotatable bonds is 3. The minimum atomic E-state index is -0.178. The molecule has 1 aliphatic heterocycles. The summed E-state index contributed by atoms with van der Waals surface area (Å²) in [6.45, 7) is 4.88. The van der Waals surface area contributed by atoms with Crippen molar-refractivity contribution in [2.75, 3.05) is 11.9 Å². The normalized spacial score (nSPS) is 20.4. The first kappa shape index (κ1) is 12.8. The first-order chi connectivity index (χ1) is 8.66. The summed E-state index contributed by atoms with van der Waals surface area (Å²) in [6.07, 6.45) is 4.69. The van der Waals surface area contributed by atoms with Gasteiger partial charge in [-0.05, 0) is 25.3 Å². The molecule has 2 rings (SSSR count). The zero-order chi connectivity index (χ0) is 13.0. The monoisotopic (exact) mass is 248 g/mol. The van der Waals surface area contributed by atoms with Crippen LogP contribution in [0.5, 0.6) is 0 Å². The molecular formula is C13H20N4O. The van der Waals surface area contributed by atoms with Gasteiger partial charge in [0.05, 0.1) is 0 Å². The highest BCUT2D eigenvalue weighted by atomic mass is 16.2. The highest BCUT2D eigenvalue weighted by molar-refractivity contribution is 5.84. The van der Waals surface area contributed by atoms with E-state index in [1.807, 2.05) is 6.07 Å². The van der Waals surface area contributed by atoms with Crippen molar-refractivity contribution in [2.24, 2.45) is 0 Å². The Balaban J connectivity index is 2.07. The fourth-order valence-electron chi connectivity index (χ4n) is 1.99. The Morgan fingerprint density at radius 1 is 1.44 bits per heavy atom. The van der Waals surface area contributed by atoms with Crippen LogP contribution in [0.2, 0.25) is 0 Å². The average Bonchev–Trinajstić information content (AvgIpc) is 2.55. The van der Waals surface area contributed by atoms with E-state index < -0.39 is 0 Å². The molecule has 18 heavy (non-hydrogen) atoms. The highest BCUT2D eigenvalue weighted by Crippen LogP contribution is 2.14. The molecule has 0 spiro atoms. The van der Waals surface area contributed by atoms with E-state index in [9.17, 15) is 4.79 Å². The van der Waals surface area contributed by atoms with Gasteiger partial charge in [-0.1, -0.05) is 13.8 Å². The zero-order valence-corrected chi connectivity index (χ0v) is 10.9. The third-order valence-electron chi connectivity index (χ3n) is 3.05. The van der Waals surface area contributed by atoms with Crippen LogP contribution in [0.1, 0.15) is 44.9 Å². The zero-order valence-electron chi connectivity index (χ0n) is 10.9. The molecule has 1 amide bonds. The second kappa shape index (κ2) is 5.80. The Labute approximate surface area is 107 Å². The number of anilines is 1. The first-order valence-electron chi connectivity index (χ1n) is 6.54. The standard InChI is InChI=1S/C13H20N4O/c1-9(2)12-14-8-6-11(17-12)16-10-5-3-4-7-15-13(10)18/h6,8-10H,3-5,7H2,1-2H3,(H,15,18)(H,14,16,17). The van der Waals surface area contributed by atoms with Gasteiger partial charge >= 0.3 is 0 Å². The van der Waals surface area contributed by atoms with Crippen molar-refractivity contribution in [3.63, 3.8) is 0 Å². The van der Waals surface area contributed by atoms with E-state index in [4.69, 9.17) is 0 Å². The third kappa shape index (κ3) is 3.18. The van der Waals surface area contributed by atoms with Crippen molar-refractivity contribution in [2.45, 2.75) is 45.1 Å². The van der Waals surface area contributed by atoms with Gasteiger partial charge in [0.2, 0.25) is 5.91 Å². The molecule has 1 aliphatic rings. The van der Waals surface area contributed by atoms with E-state index in [1.54, 1.807) is 6.20 Å². The minimum absolute atomic E-state index is 0.0669. The smallest absolute Gasteiger partial charge is 0.242 e. The van der Waals surface area contributed by atoms with E-state index >= 15 is 0 Å². The summed E-state index contributed by atoms with van der Waals surface area (Å²) in [7, 11) is 0. The first-order valence-corrected chi connectivity index (χ1v) is 6.54. The molecule has 2 heterocycles. The molecule has 5 heteroatoms. The molecule has 0 bridgehead atoms. The van der Waals surface area contributed by atoms with Crippen molar-refractivity contribution in [3.05, 3.63) is 18.1 Å². The fourth-order valence-corrected chi connectivity index (χ4v) is 1.99. The maximum absolute atomic E-state index is 11.8. The highest BCUT2D eigenvalue weighted by Gasteiger charge is 2.20. The van der Waals surface area contributed by atoms with Gasteiger partial charge in [-0.15, -0.1) is 0 Å². The lowest BCUT2D eigenvalue weighted by molar-refractivity contribution is -0.121. The number of nitrogens with zero attached hydrogens (tertiary/aromatic N) is 2. The predicted octanol–water partition coefficient (Wildman–Crippen LogP) is 1.68. The summed E-state index contributed by atoms with van der Waals surface area (Å²) in [5.74, 6) is 1.89. The lowest BCUT2D eigenvalue weighted by Crippen LogP contribution is -2.38. The molecule has 2 N–H and O–H groups in total. The molecule has 0 aromatic carbocycles. The van der Waals surface area contributed by atoms with Gasteiger partial charge in [0.25, 0.3) is 0 Å². The van der Waals surface area contributed by atoms with E-state index in [0.29, 0.717) is 0 Å². The van der Waals surface area contributed by atoms with E-state index in [-0.39, 0.29) is 17.9 Å². The topological polar surface area (TPSA) is 66.9 Å². The largest absolute Gasteiger partial charge is 0.358 e. The molecule has 1 fully saturated rings. The van der Waals surface area contributed by atoms with Gasteiger partial charge in [-0.2, -0.15) is 0 Å². The van der Waals surface area contributed by atoms with Gasteiger partial charge in [0.1, 0.15) is 17.7 Å². The van der Waals surface area contributed by atoms with Gasteiger partial charge in [-0.3, -0.25) is 4.79 Å². The molecule has 98 valence electrons. The molecule has 0 radical (unpaired) electrons. The molecule has 5 nitrogen and oxygen atoms in total. The van der Waals surface area contributed by atoms with Crippen molar-refractivity contribution in [3.8, 4) is 0 Å². The van der Waals surface area contributed by atoms with Crippen LogP contribution in [0.25, 0.3) is 0 Å².